The molecular weight excluding hydrogens is 258 g/mol. The molecule has 1 aromatic heterocycles. The first-order valence-electron chi connectivity index (χ1n) is 7.32. The van der Waals surface area contributed by atoms with Crippen LogP contribution in [0.15, 0.2) is 5.38 Å². The van der Waals surface area contributed by atoms with Crippen LogP contribution in [-0.2, 0) is 13.0 Å². The molecule has 0 radical (unpaired) electrons. The van der Waals surface area contributed by atoms with E-state index in [1.807, 2.05) is 0 Å². The molecule has 0 aliphatic carbocycles. The molecule has 1 saturated heterocycles. The first kappa shape index (κ1) is 14.9. The van der Waals surface area contributed by atoms with E-state index in [9.17, 15) is 5.11 Å². The molecule has 19 heavy (non-hydrogen) atoms. The van der Waals surface area contributed by atoms with E-state index in [0.29, 0.717) is 0 Å². The highest BCUT2D eigenvalue weighted by Gasteiger charge is 2.15. The lowest BCUT2D eigenvalue weighted by Crippen LogP contribution is -2.37. The largest absolute Gasteiger partial charge is 0.393 e. The lowest BCUT2D eigenvalue weighted by Gasteiger charge is -2.29. The number of hydrogen-bond donors (Lipinski definition) is 2. The van der Waals surface area contributed by atoms with Crippen molar-refractivity contribution in [3.8, 4) is 0 Å². The molecule has 2 heterocycles. The fourth-order valence-electron chi connectivity index (χ4n) is 2.38. The van der Waals surface area contributed by atoms with Gasteiger partial charge in [-0.3, -0.25) is 0 Å². The molecule has 2 rings (SSSR count). The van der Waals surface area contributed by atoms with Crippen molar-refractivity contribution in [3.63, 3.8) is 0 Å². The van der Waals surface area contributed by atoms with Crippen molar-refractivity contribution in [1.29, 1.82) is 0 Å². The van der Waals surface area contributed by atoms with Gasteiger partial charge in [0, 0.05) is 25.0 Å². The number of piperidine rings is 1. The molecule has 0 atom stereocenters. The zero-order valence-corrected chi connectivity index (χ0v) is 12.6. The molecule has 5 heteroatoms. The van der Waals surface area contributed by atoms with E-state index in [2.05, 4.69) is 27.5 Å². The van der Waals surface area contributed by atoms with Gasteiger partial charge in [0.05, 0.1) is 16.8 Å². The Bertz CT molecular complexity index is 361. The normalized spacial score (nSPS) is 18.0. The second-order valence-corrected chi connectivity index (χ2v) is 6.13. The second-order valence-electron chi connectivity index (χ2n) is 5.19. The van der Waals surface area contributed by atoms with E-state index in [1.54, 1.807) is 11.3 Å². The van der Waals surface area contributed by atoms with Crippen LogP contribution in [0, 0.1) is 0 Å². The molecule has 0 bridgehead atoms. The summed E-state index contributed by atoms with van der Waals surface area (Å²) >= 11 is 1.75. The van der Waals surface area contributed by atoms with E-state index in [1.165, 1.54) is 17.1 Å². The number of thiazole rings is 1. The third-order valence-electron chi connectivity index (χ3n) is 3.59. The molecule has 1 aliphatic heterocycles. The van der Waals surface area contributed by atoms with E-state index in [4.69, 9.17) is 0 Å². The lowest BCUT2D eigenvalue weighted by atomic mass is 10.1. The van der Waals surface area contributed by atoms with Gasteiger partial charge in [-0.25, -0.2) is 4.98 Å². The van der Waals surface area contributed by atoms with Crippen LogP contribution in [0.25, 0.3) is 0 Å². The van der Waals surface area contributed by atoms with Crippen LogP contribution < -0.4 is 5.32 Å². The van der Waals surface area contributed by atoms with Gasteiger partial charge in [-0.2, -0.15) is 0 Å². The van der Waals surface area contributed by atoms with Gasteiger partial charge in [0.2, 0.25) is 0 Å². The predicted octanol–water partition coefficient (Wildman–Crippen LogP) is 1.64. The molecule has 0 aromatic carbocycles. The van der Waals surface area contributed by atoms with E-state index >= 15 is 0 Å². The number of aryl methyl sites for hydroxylation is 1. The van der Waals surface area contributed by atoms with Gasteiger partial charge in [-0.05, 0) is 38.8 Å². The molecule has 2 N–H and O–H groups in total. The SMILES string of the molecule is CCc1nc(CNCCCN2CCC(O)CC2)cs1. The Morgan fingerprint density at radius 2 is 2.26 bits per heavy atom. The van der Waals surface area contributed by atoms with Crippen LogP contribution in [0.1, 0.15) is 36.9 Å². The molecular formula is C14H25N3OS. The van der Waals surface area contributed by atoms with Crippen LogP contribution in [0.5, 0.6) is 0 Å². The minimum Gasteiger partial charge on any atom is -0.393 e. The van der Waals surface area contributed by atoms with Crippen LogP contribution >= 0.6 is 11.3 Å². The monoisotopic (exact) mass is 283 g/mol. The van der Waals surface area contributed by atoms with Crippen molar-refractivity contribution >= 4 is 11.3 Å². The summed E-state index contributed by atoms with van der Waals surface area (Å²) in [5.41, 5.74) is 1.17. The minimum atomic E-state index is -0.0631. The zero-order valence-electron chi connectivity index (χ0n) is 11.8. The number of likely N-dealkylation sites (tertiary alicyclic amines) is 1. The van der Waals surface area contributed by atoms with Crippen molar-refractivity contribution in [2.45, 2.75) is 45.3 Å². The Labute approximate surface area is 119 Å². The van der Waals surface area contributed by atoms with Gasteiger partial charge in [0.25, 0.3) is 0 Å². The average Bonchev–Trinajstić information content (AvgIpc) is 2.88. The summed E-state index contributed by atoms with van der Waals surface area (Å²) < 4.78 is 0. The standard InChI is InChI=1S/C14H25N3OS/c1-2-14-16-12(11-19-14)10-15-6-3-7-17-8-4-13(18)5-9-17/h11,13,15,18H,2-10H2,1H3. The van der Waals surface area contributed by atoms with Gasteiger partial charge in [-0.15, -0.1) is 11.3 Å². The first-order chi connectivity index (χ1) is 9.28. The maximum absolute atomic E-state index is 9.44. The highest BCUT2D eigenvalue weighted by Crippen LogP contribution is 2.10. The summed E-state index contributed by atoms with van der Waals surface area (Å²) in [7, 11) is 0. The smallest absolute Gasteiger partial charge is 0.0926 e. The van der Waals surface area contributed by atoms with Crippen LogP contribution in [-0.4, -0.2) is 47.3 Å². The fourth-order valence-corrected chi connectivity index (χ4v) is 3.12. The lowest BCUT2D eigenvalue weighted by molar-refractivity contribution is 0.0821. The molecule has 1 fully saturated rings. The zero-order chi connectivity index (χ0) is 13.5. The number of aromatic nitrogens is 1. The summed E-state index contributed by atoms with van der Waals surface area (Å²) in [6.45, 7) is 7.30. The molecule has 4 nitrogen and oxygen atoms in total. The highest BCUT2D eigenvalue weighted by molar-refractivity contribution is 7.09. The van der Waals surface area contributed by atoms with E-state index < -0.39 is 0 Å². The predicted molar refractivity (Wildman–Crippen MR) is 79.5 cm³/mol. The van der Waals surface area contributed by atoms with Crippen molar-refractivity contribution in [3.05, 3.63) is 16.1 Å². The van der Waals surface area contributed by atoms with Crippen LogP contribution in [0.2, 0.25) is 0 Å². The maximum atomic E-state index is 9.44. The fraction of sp³-hybridized carbons (Fsp3) is 0.786. The number of rotatable bonds is 7. The molecule has 0 amide bonds. The van der Waals surface area contributed by atoms with Crippen LogP contribution in [0.4, 0.5) is 0 Å². The Morgan fingerprint density at radius 1 is 1.47 bits per heavy atom. The van der Waals surface area contributed by atoms with Crippen molar-refractivity contribution in [2.75, 3.05) is 26.2 Å². The van der Waals surface area contributed by atoms with Crippen molar-refractivity contribution < 1.29 is 5.11 Å². The molecule has 1 aromatic rings. The molecule has 0 unspecified atom stereocenters. The highest BCUT2D eigenvalue weighted by atomic mass is 32.1. The molecule has 108 valence electrons. The number of nitrogens with one attached hydrogen (secondary N) is 1. The maximum Gasteiger partial charge on any atom is 0.0926 e. The Kier molecular flexibility index (Phi) is 6.23. The quantitative estimate of drug-likeness (QED) is 0.747. The Balaban J connectivity index is 1.52. The molecule has 1 aliphatic rings. The van der Waals surface area contributed by atoms with Gasteiger partial charge < -0.3 is 15.3 Å². The van der Waals surface area contributed by atoms with E-state index in [0.717, 1.165) is 52.0 Å². The van der Waals surface area contributed by atoms with Gasteiger partial charge in [0.1, 0.15) is 0 Å². The third-order valence-corrected chi connectivity index (χ3v) is 4.63. The summed E-state index contributed by atoms with van der Waals surface area (Å²) in [5.74, 6) is 0. The van der Waals surface area contributed by atoms with Gasteiger partial charge in [0.15, 0.2) is 0 Å². The van der Waals surface area contributed by atoms with Gasteiger partial charge in [-0.1, -0.05) is 6.92 Å². The first-order valence-corrected chi connectivity index (χ1v) is 8.20. The van der Waals surface area contributed by atoms with E-state index in [-0.39, 0.29) is 6.10 Å². The second kappa shape index (κ2) is 7.94. The Hall–Kier alpha value is -0.490. The Morgan fingerprint density at radius 3 is 2.95 bits per heavy atom. The summed E-state index contributed by atoms with van der Waals surface area (Å²) in [6.07, 6.45) is 4.01. The van der Waals surface area contributed by atoms with Crippen LogP contribution in [0.3, 0.4) is 0 Å². The molecule has 0 saturated carbocycles. The number of aliphatic hydroxyl groups is 1. The summed E-state index contributed by atoms with van der Waals surface area (Å²) in [6, 6.07) is 0. The number of hydrogen-bond acceptors (Lipinski definition) is 5. The third kappa shape index (κ3) is 5.18. The number of aliphatic hydroxyl groups excluding tert-OH is 1. The summed E-state index contributed by atoms with van der Waals surface area (Å²) in [5, 5.41) is 16.3. The molecule has 0 spiro atoms. The average molecular weight is 283 g/mol. The summed E-state index contributed by atoms with van der Waals surface area (Å²) in [4.78, 5) is 6.99. The van der Waals surface area contributed by atoms with Gasteiger partial charge >= 0.3 is 0 Å². The van der Waals surface area contributed by atoms with Crippen molar-refractivity contribution in [1.82, 2.24) is 15.2 Å². The topological polar surface area (TPSA) is 48.4 Å². The minimum absolute atomic E-state index is 0.0631. The van der Waals surface area contributed by atoms with Crippen molar-refractivity contribution in [2.24, 2.45) is 0 Å². The number of nitrogens with zero attached hydrogens (tertiary/aromatic N) is 2.